The number of carbonyl (C=O) groups is 1. The fourth-order valence-corrected chi connectivity index (χ4v) is 5.18. The van der Waals surface area contributed by atoms with E-state index in [1.807, 2.05) is 0 Å². The minimum Gasteiger partial charge on any atom is -0.376 e. The van der Waals surface area contributed by atoms with E-state index in [4.69, 9.17) is 16.3 Å². The fraction of sp³-hybridized carbons (Fsp3) is 0.300. The van der Waals surface area contributed by atoms with Crippen molar-refractivity contribution in [2.45, 2.75) is 23.8 Å². The van der Waals surface area contributed by atoms with E-state index in [-0.39, 0.29) is 16.9 Å². The second-order valence-electron chi connectivity index (χ2n) is 6.96. The third-order valence-corrected chi connectivity index (χ3v) is 7.12. The predicted octanol–water partition coefficient (Wildman–Crippen LogP) is 4.18. The van der Waals surface area contributed by atoms with E-state index in [2.05, 4.69) is 4.98 Å². The smallest absolute Gasteiger partial charge is 0.260 e. The Balaban J connectivity index is 1.74. The molecule has 2 heterocycles. The Morgan fingerprint density at radius 1 is 1.31 bits per heavy atom. The molecule has 1 aliphatic heterocycles. The van der Waals surface area contributed by atoms with Crippen molar-refractivity contribution < 1.29 is 17.9 Å². The number of anilines is 1. The number of ether oxygens (including phenoxy) is 1. The van der Waals surface area contributed by atoms with Crippen LogP contribution in [0.2, 0.25) is 5.02 Å². The third kappa shape index (κ3) is 4.45. The molecule has 0 bridgehead atoms. The first-order valence-corrected chi connectivity index (χ1v) is 12.2. The molecule has 1 fully saturated rings. The first-order valence-electron chi connectivity index (χ1n) is 9.11. The lowest BCUT2D eigenvalue weighted by atomic mass is 10.2. The normalized spacial score (nSPS) is 17.0. The van der Waals surface area contributed by atoms with E-state index in [0.29, 0.717) is 39.1 Å². The zero-order valence-electron chi connectivity index (χ0n) is 15.7. The summed E-state index contributed by atoms with van der Waals surface area (Å²) in [5, 5.41) is 0.987. The van der Waals surface area contributed by atoms with Crippen LogP contribution in [0.3, 0.4) is 0 Å². The maximum atomic E-state index is 13.3. The van der Waals surface area contributed by atoms with Crippen molar-refractivity contribution in [1.29, 1.82) is 0 Å². The van der Waals surface area contributed by atoms with Crippen molar-refractivity contribution in [3.05, 3.63) is 53.1 Å². The van der Waals surface area contributed by atoms with E-state index in [1.54, 1.807) is 41.3 Å². The maximum absolute atomic E-state index is 13.3. The molecule has 1 amide bonds. The fourth-order valence-electron chi connectivity index (χ4n) is 3.26. The van der Waals surface area contributed by atoms with Gasteiger partial charge in [-0.25, -0.2) is 13.4 Å². The van der Waals surface area contributed by atoms with E-state index in [9.17, 15) is 13.2 Å². The highest BCUT2D eigenvalue weighted by Crippen LogP contribution is 2.32. The summed E-state index contributed by atoms with van der Waals surface area (Å²) in [6.07, 6.45) is 2.95. The Labute approximate surface area is 178 Å². The Morgan fingerprint density at radius 3 is 2.83 bits per heavy atom. The van der Waals surface area contributed by atoms with Crippen LogP contribution < -0.4 is 4.90 Å². The van der Waals surface area contributed by atoms with Gasteiger partial charge in [-0.2, -0.15) is 0 Å². The van der Waals surface area contributed by atoms with E-state index >= 15 is 0 Å². The molecule has 4 rings (SSSR count). The second-order valence-corrected chi connectivity index (χ2v) is 10.4. The van der Waals surface area contributed by atoms with Crippen molar-refractivity contribution in [3.8, 4) is 0 Å². The zero-order valence-corrected chi connectivity index (χ0v) is 18.1. The lowest BCUT2D eigenvalue weighted by molar-refractivity contribution is 0.0917. The SMILES string of the molecule is CS(=O)(=O)c1ccc2nc(N(CC3CCCO3)C(=O)c3cccc(Cl)c3)sc2c1. The number of fused-ring (bicyclic) bond motifs is 1. The molecule has 0 radical (unpaired) electrons. The minimum atomic E-state index is -3.32. The van der Waals surface area contributed by atoms with Crippen molar-refractivity contribution in [2.24, 2.45) is 0 Å². The summed E-state index contributed by atoms with van der Waals surface area (Å²) in [5.74, 6) is -0.217. The van der Waals surface area contributed by atoms with Gasteiger partial charge in [0.1, 0.15) is 0 Å². The van der Waals surface area contributed by atoms with Crippen LogP contribution in [0, 0.1) is 0 Å². The number of benzene rings is 2. The summed E-state index contributed by atoms with van der Waals surface area (Å²) in [4.78, 5) is 19.7. The zero-order chi connectivity index (χ0) is 20.6. The molecular formula is C20H19ClN2O4S2. The average Bonchev–Trinajstić information content (AvgIpc) is 3.33. The van der Waals surface area contributed by atoms with Gasteiger partial charge >= 0.3 is 0 Å². The van der Waals surface area contributed by atoms with Gasteiger partial charge in [0.25, 0.3) is 5.91 Å². The van der Waals surface area contributed by atoms with Crippen LogP contribution in [0.15, 0.2) is 47.4 Å². The number of carbonyl (C=O) groups excluding carboxylic acids is 1. The lowest BCUT2D eigenvalue weighted by Gasteiger charge is -2.23. The molecule has 9 heteroatoms. The molecule has 6 nitrogen and oxygen atoms in total. The number of sulfone groups is 1. The van der Waals surface area contributed by atoms with Crippen LogP contribution in [0.4, 0.5) is 5.13 Å². The van der Waals surface area contributed by atoms with Crippen molar-refractivity contribution in [1.82, 2.24) is 4.98 Å². The molecule has 0 saturated carbocycles. The summed E-state index contributed by atoms with van der Waals surface area (Å²) in [6, 6.07) is 11.6. The van der Waals surface area contributed by atoms with Gasteiger partial charge in [-0.05, 0) is 49.2 Å². The van der Waals surface area contributed by atoms with Gasteiger partial charge in [0.15, 0.2) is 15.0 Å². The Morgan fingerprint density at radius 2 is 2.14 bits per heavy atom. The molecule has 1 atom stereocenters. The molecule has 152 valence electrons. The van der Waals surface area contributed by atoms with Crippen molar-refractivity contribution in [3.63, 3.8) is 0 Å². The number of hydrogen-bond acceptors (Lipinski definition) is 6. The molecule has 1 aromatic heterocycles. The maximum Gasteiger partial charge on any atom is 0.260 e. The molecular weight excluding hydrogens is 432 g/mol. The first kappa shape index (κ1) is 20.3. The highest BCUT2D eigenvalue weighted by Gasteiger charge is 2.27. The molecule has 0 N–H and O–H groups in total. The summed E-state index contributed by atoms with van der Waals surface area (Å²) < 4.78 is 30.2. The van der Waals surface area contributed by atoms with Gasteiger partial charge in [-0.3, -0.25) is 9.69 Å². The standard InChI is InChI=1S/C20H19ClN2O4S2/c1-29(25,26)16-7-8-17-18(11-16)28-20(22-17)23(12-15-6-3-9-27-15)19(24)13-4-2-5-14(21)10-13/h2,4-5,7-8,10-11,15H,3,6,9,12H2,1H3. The summed E-state index contributed by atoms with van der Waals surface area (Å²) in [6.45, 7) is 1.06. The lowest BCUT2D eigenvalue weighted by Crippen LogP contribution is -2.37. The summed E-state index contributed by atoms with van der Waals surface area (Å²) in [5.41, 5.74) is 1.11. The molecule has 1 unspecified atom stereocenters. The Bertz CT molecular complexity index is 1170. The van der Waals surface area contributed by atoms with Crippen LogP contribution in [-0.4, -0.2) is 44.8 Å². The summed E-state index contributed by atoms with van der Waals surface area (Å²) >= 11 is 7.36. The van der Waals surface area contributed by atoms with E-state index < -0.39 is 9.84 Å². The van der Waals surface area contributed by atoms with Crippen molar-refractivity contribution in [2.75, 3.05) is 24.3 Å². The number of halogens is 1. The van der Waals surface area contributed by atoms with Crippen LogP contribution >= 0.6 is 22.9 Å². The van der Waals surface area contributed by atoms with Gasteiger partial charge in [0.05, 0.1) is 27.8 Å². The Hall–Kier alpha value is -2.00. The quantitative estimate of drug-likeness (QED) is 0.582. The van der Waals surface area contributed by atoms with Gasteiger partial charge in [0.2, 0.25) is 0 Å². The van der Waals surface area contributed by atoms with E-state index in [0.717, 1.165) is 12.8 Å². The minimum absolute atomic E-state index is 0.0586. The molecule has 0 spiro atoms. The first-order chi connectivity index (χ1) is 13.8. The number of rotatable bonds is 5. The molecule has 1 saturated heterocycles. The number of amides is 1. The second kappa shape index (κ2) is 8.02. The number of hydrogen-bond donors (Lipinski definition) is 0. The molecule has 29 heavy (non-hydrogen) atoms. The van der Waals surface area contributed by atoms with E-state index in [1.165, 1.54) is 23.7 Å². The number of thiazole rings is 1. The highest BCUT2D eigenvalue weighted by molar-refractivity contribution is 7.90. The van der Waals surface area contributed by atoms with Gasteiger partial charge in [-0.1, -0.05) is 29.0 Å². The molecule has 3 aromatic rings. The van der Waals surface area contributed by atoms with Gasteiger partial charge < -0.3 is 4.74 Å². The number of nitrogens with zero attached hydrogens (tertiary/aromatic N) is 2. The predicted molar refractivity (Wildman–Crippen MR) is 115 cm³/mol. The largest absolute Gasteiger partial charge is 0.376 e. The average molecular weight is 451 g/mol. The molecule has 2 aromatic carbocycles. The van der Waals surface area contributed by atoms with Gasteiger partial charge in [-0.15, -0.1) is 0 Å². The highest BCUT2D eigenvalue weighted by atomic mass is 35.5. The molecule has 0 aliphatic carbocycles. The van der Waals surface area contributed by atoms with Crippen LogP contribution in [0.5, 0.6) is 0 Å². The summed E-state index contributed by atoms with van der Waals surface area (Å²) in [7, 11) is -3.32. The van der Waals surface area contributed by atoms with Crippen LogP contribution in [-0.2, 0) is 14.6 Å². The monoisotopic (exact) mass is 450 g/mol. The third-order valence-electron chi connectivity index (χ3n) is 4.73. The Kier molecular flexibility index (Phi) is 5.61. The number of aromatic nitrogens is 1. The topological polar surface area (TPSA) is 76.6 Å². The molecule has 1 aliphatic rings. The van der Waals surface area contributed by atoms with Crippen LogP contribution in [0.1, 0.15) is 23.2 Å². The van der Waals surface area contributed by atoms with Crippen LogP contribution in [0.25, 0.3) is 10.2 Å². The van der Waals surface area contributed by atoms with Gasteiger partial charge in [0, 0.05) is 23.4 Å². The van der Waals surface area contributed by atoms with Crippen molar-refractivity contribution >= 4 is 54.0 Å².